The van der Waals surface area contributed by atoms with Gasteiger partial charge in [-0.3, -0.25) is 4.21 Å². The van der Waals surface area contributed by atoms with Crippen molar-refractivity contribution < 1.29 is 14.1 Å². The first-order chi connectivity index (χ1) is 9.32. The Balaban J connectivity index is 2.17. The Labute approximate surface area is 124 Å². The molecule has 2 amide bonds. The maximum Gasteiger partial charge on any atom is 0.315 e. The number of amides is 2. The van der Waals surface area contributed by atoms with Crippen molar-refractivity contribution in [2.24, 2.45) is 5.92 Å². The van der Waals surface area contributed by atoms with E-state index in [0.29, 0.717) is 18.2 Å². The molecule has 1 unspecified atom stereocenters. The van der Waals surface area contributed by atoms with Crippen LogP contribution >= 0.6 is 0 Å². The van der Waals surface area contributed by atoms with Crippen molar-refractivity contribution in [3.8, 4) is 0 Å². The van der Waals surface area contributed by atoms with Gasteiger partial charge in [-0.05, 0) is 52.4 Å². The zero-order valence-electron chi connectivity index (χ0n) is 12.8. The summed E-state index contributed by atoms with van der Waals surface area (Å²) in [5, 5.41) is 14.8. The first-order valence-electron chi connectivity index (χ1n) is 7.36. The van der Waals surface area contributed by atoms with Gasteiger partial charge < -0.3 is 15.7 Å². The monoisotopic (exact) mass is 304 g/mol. The van der Waals surface area contributed by atoms with Gasteiger partial charge in [0.25, 0.3) is 0 Å². The van der Waals surface area contributed by atoms with Crippen LogP contribution in [0, 0.1) is 5.92 Å². The third-order valence-electron chi connectivity index (χ3n) is 3.70. The first kappa shape index (κ1) is 17.4. The predicted octanol–water partition coefficient (Wildman–Crippen LogP) is 1.38. The van der Waals surface area contributed by atoms with Gasteiger partial charge >= 0.3 is 6.03 Å². The molecular formula is C14H28N2O3S. The third-order valence-corrected chi connectivity index (χ3v) is 5.64. The summed E-state index contributed by atoms with van der Waals surface area (Å²) in [4.78, 5) is 11.7. The van der Waals surface area contributed by atoms with Gasteiger partial charge in [0.2, 0.25) is 0 Å². The molecule has 1 fully saturated rings. The van der Waals surface area contributed by atoms with E-state index in [2.05, 4.69) is 10.6 Å². The van der Waals surface area contributed by atoms with E-state index in [9.17, 15) is 9.00 Å². The van der Waals surface area contributed by atoms with Crippen LogP contribution in [-0.4, -0.2) is 45.0 Å². The SMILES string of the molecule is CC(C)(C)S(=O)CCNC(=O)NC1CCC(CO)CC1. The van der Waals surface area contributed by atoms with Crippen LogP contribution in [0.15, 0.2) is 0 Å². The second-order valence-electron chi connectivity index (χ2n) is 6.46. The maximum atomic E-state index is 11.8. The fraction of sp³-hybridized carbons (Fsp3) is 0.929. The van der Waals surface area contributed by atoms with Gasteiger partial charge in [0.1, 0.15) is 0 Å². The Hall–Kier alpha value is -0.620. The highest BCUT2D eigenvalue weighted by molar-refractivity contribution is 7.86. The molecule has 1 aliphatic carbocycles. The Bertz CT molecular complexity index is 334. The van der Waals surface area contributed by atoms with Crippen LogP contribution in [0.2, 0.25) is 0 Å². The van der Waals surface area contributed by atoms with Gasteiger partial charge in [-0.15, -0.1) is 0 Å². The standard InChI is InChI=1S/C14H28N2O3S/c1-14(2,3)20(19)9-8-15-13(18)16-12-6-4-11(10-17)5-7-12/h11-12,17H,4-10H2,1-3H3,(H2,15,16,18). The van der Waals surface area contributed by atoms with E-state index >= 15 is 0 Å². The summed E-state index contributed by atoms with van der Waals surface area (Å²) in [7, 11) is -0.937. The highest BCUT2D eigenvalue weighted by Crippen LogP contribution is 2.23. The lowest BCUT2D eigenvalue weighted by molar-refractivity contribution is 0.174. The Morgan fingerprint density at radius 2 is 1.85 bits per heavy atom. The van der Waals surface area contributed by atoms with Gasteiger partial charge in [-0.2, -0.15) is 0 Å². The quantitative estimate of drug-likeness (QED) is 0.718. The second-order valence-corrected chi connectivity index (χ2v) is 8.79. The minimum Gasteiger partial charge on any atom is -0.396 e. The van der Waals surface area contributed by atoms with Crippen LogP contribution in [0.25, 0.3) is 0 Å². The largest absolute Gasteiger partial charge is 0.396 e. The number of rotatable bonds is 5. The molecule has 1 aliphatic rings. The highest BCUT2D eigenvalue weighted by atomic mass is 32.2. The molecule has 5 nitrogen and oxygen atoms in total. The zero-order chi connectivity index (χ0) is 15.2. The van der Waals surface area contributed by atoms with Gasteiger partial charge in [-0.25, -0.2) is 4.79 Å². The third kappa shape index (κ3) is 6.22. The van der Waals surface area contributed by atoms with Crippen LogP contribution in [0.1, 0.15) is 46.5 Å². The predicted molar refractivity (Wildman–Crippen MR) is 82.1 cm³/mol. The summed E-state index contributed by atoms with van der Waals surface area (Å²) in [5.41, 5.74) is 0. The molecule has 0 radical (unpaired) electrons. The molecule has 0 bridgehead atoms. The maximum absolute atomic E-state index is 11.8. The number of aliphatic hydroxyl groups is 1. The van der Waals surface area contributed by atoms with E-state index in [-0.39, 0.29) is 23.4 Å². The van der Waals surface area contributed by atoms with Crippen LogP contribution in [0.5, 0.6) is 0 Å². The minimum absolute atomic E-state index is 0.177. The smallest absolute Gasteiger partial charge is 0.315 e. The average molecular weight is 304 g/mol. The van der Waals surface area contributed by atoms with E-state index in [1.54, 1.807) is 0 Å². The molecule has 118 valence electrons. The number of hydrogen-bond acceptors (Lipinski definition) is 3. The molecule has 0 heterocycles. The summed E-state index contributed by atoms with van der Waals surface area (Å²) in [5.74, 6) is 0.874. The molecule has 1 rings (SSSR count). The fourth-order valence-electron chi connectivity index (χ4n) is 2.29. The van der Waals surface area contributed by atoms with E-state index in [1.807, 2.05) is 20.8 Å². The van der Waals surface area contributed by atoms with Crippen LogP contribution in [-0.2, 0) is 10.8 Å². The first-order valence-corrected chi connectivity index (χ1v) is 8.68. The van der Waals surface area contributed by atoms with Crippen LogP contribution < -0.4 is 10.6 Å². The molecular weight excluding hydrogens is 276 g/mol. The van der Waals surface area contributed by atoms with Gasteiger partial charge in [0.15, 0.2) is 0 Å². The molecule has 20 heavy (non-hydrogen) atoms. The normalized spacial score (nSPS) is 25.0. The van der Waals surface area contributed by atoms with Crippen LogP contribution in [0.4, 0.5) is 4.79 Å². The van der Waals surface area contributed by atoms with Crippen molar-refractivity contribution in [3.63, 3.8) is 0 Å². The molecule has 0 aromatic carbocycles. The zero-order valence-corrected chi connectivity index (χ0v) is 13.6. The van der Waals surface area contributed by atoms with E-state index < -0.39 is 10.8 Å². The molecule has 0 aliphatic heterocycles. The Morgan fingerprint density at radius 1 is 1.25 bits per heavy atom. The summed E-state index contributed by atoms with van der Waals surface area (Å²) >= 11 is 0. The van der Waals surface area contributed by atoms with E-state index in [1.165, 1.54) is 0 Å². The van der Waals surface area contributed by atoms with E-state index in [4.69, 9.17) is 5.11 Å². The summed E-state index contributed by atoms with van der Waals surface area (Å²) in [6.45, 7) is 6.48. The molecule has 0 spiro atoms. The molecule has 6 heteroatoms. The van der Waals surface area contributed by atoms with Crippen molar-refractivity contribution >= 4 is 16.8 Å². The van der Waals surface area contributed by atoms with Crippen molar-refractivity contribution in [2.45, 2.75) is 57.2 Å². The lowest BCUT2D eigenvalue weighted by atomic mass is 9.87. The number of hydrogen-bond donors (Lipinski definition) is 3. The number of carbonyl (C=O) groups is 1. The number of aliphatic hydroxyl groups excluding tert-OH is 1. The molecule has 0 aromatic rings. The molecule has 1 atom stereocenters. The number of urea groups is 1. The summed E-state index contributed by atoms with van der Waals surface area (Å²) < 4.78 is 11.6. The van der Waals surface area contributed by atoms with Crippen molar-refractivity contribution in [1.82, 2.24) is 10.6 Å². The molecule has 1 saturated carbocycles. The fourth-order valence-corrected chi connectivity index (χ4v) is 3.19. The van der Waals surface area contributed by atoms with Crippen molar-refractivity contribution in [3.05, 3.63) is 0 Å². The lowest BCUT2D eigenvalue weighted by Crippen LogP contribution is -2.45. The van der Waals surface area contributed by atoms with Crippen molar-refractivity contribution in [1.29, 1.82) is 0 Å². The number of carbonyl (C=O) groups excluding carboxylic acids is 1. The topological polar surface area (TPSA) is 78.4 Å². The Kier molecular flexibility index (Phi) is 6.95. The summed E-state index contributed by atoms with van der Waals surface area (Å²) in [6, 6.07) is 0.0225. The molecule has 3 N–H and O–H groups in total. The van der Waals surface area contributed by atoms with Gasteiger partial charge in [0.05, 0.1) is 0 Å². The van der Waals surface area contributed by atoms with Crippen molar-refractivity contribution in [2.75, 3.05) is 18.9 Å². The molecule has 0 aromatic heterocycles. The number of nitrogens with one attached hydrogen (secondary N) is 2. The van der Waals surface area contributed by atoms with Gasteiger partial charge in [0, 0.05) is 40.5 Å². The van der Waals surface area contributed by atoms with Gasteiger partial charge in [-0.1, -0.05) is 0 Å². The highest BCUT2D eigenvalue weighted by Gasteiger charge is 2.22. The van der Waals surface area contributed by atoms with Crippen LogP contribution in [0.3, 0.4) is 0 Å². The average Bonchev–Trinajstić information content (AvgIpc) is 2.38. The second kappa shape index (κ2) is 7.98. The minimum atomic E-state index is -0.937. The van der Waals surface area contributed by atoms with E-state index in [0.717, 1.165) is 25.7 Å². The Morgan fingerprint density at radius 3 is 2.35 bits per heavy atom. The molecule has 0 saturated heterocycles. The summed E-state index contributed by atoms with van der Waals surface area (Å²) in [6.07, 6.45) is 3.78. The lowest BCUT2D eigenvalue weighted by Gasteiger charge is -2.28.